The van der Waals surface area contributed by atoms with E-state index in [-0.39, 0.29) is 0 Å². The van der Waals surface area contributed by atoms with Crippen LogP contribution >= 0.6 is 0 Å². The molecule has 0 aliphatic carbocycles. The van der Waals surface area contributed by atoms with E-state index in [1.807, 2.05) is 19.2 Å². The van der Waals surface area contributed by atoms with Gasteiger partial charge in [-0.15, -0.1) is 0 Å². The quantitative estimate of drug-likeness (QED) is 0.697. The molecule has 1 atom stereocenters. The summed E-state index contributed by atoms with van der Waals surface area (Å²) in [7, 11) is 0. The first-order valence-corrected chi connectivity index (χ1v) is 5.55. The number of nitrogens with zero attached hydrogens (tertiary/aromatic N) is 1. The van der Waals surface area contributed by atoms with Crippen LogP contribution in [0.2, 0.25) is 0 Å². The van der Waals surface area contributed by atoms with Crippen LogP contribution in [0.15, 0.2) is 24.5 Å². The normalized spacial score (nSPS) is 12.7. The van der Waals surface area contributed by atoms with Gasteiger partial charge in [0.25, 0.3) is 0 Å². The predicted molar refractivity (Wildman–Crippen MR) is 61.8 cm³/mol. The molecule has 84 valence electrons. The highest BCUT2D eigenvalue weighted by atomic mass is 16.5. The van der Waals surface area contributed by atoms with E-state index in [0.29, 0.717) is 6.04 Å². The fraction of sp³-hybridized carbons (Fsp3) is 0.583. The molecule has 1 rings (SSSR count). The van der Waals surface area contributed by atoms with Crippen LogP contribution in [-0.2, 0) is 4.74 Å². The summed E-state index contributed by atoms with van der Waals surface area (Å²) in [4.78, 5) is 4.10. The number of nitrogens with one attached hydrogen (secondary N) is 1. The summed E-state index contributed by atoms with van der Waals surface area (Å²) in [6.07, 6.45) is 4.75. The molecule has 3 heteroatoms. The molecule has 0 saturated heterocycles. The van der Waals surface area contributed by atoms with Gasteiger partial charge in [-0.25, -0.2) is 0 Å². The molecule has 1 aromatic heterocycles. The zero-order valence-electron chi connectivity index (χ0n) is 9.57. The van der Waals surface area contributed by atoms with Gasteiger partial charge in [0.05, 0.1) is 0 Å². The van der Waals surface area contributed by atoms with Crippen molar-refractivity contribution in [3.05, 3.63) is 30.1 Å². The summed E-state index contributed by atoms with van der Waals surface area (Å²) in [5.41, 5.74) is 1.23. The van der Waals surface area contributed by atoms with Crippen molar-refractivity contribution in [1.29, 1.82) is 0 Å². The van der Waals surface area contributed by atoms with Crippen LogP contribution in [-0.4, -0.2) is 24.7 Å². The highest BCUT2D eigenvalue weighted by molar-refractivity contribution is 5.12. The minimum Gasteiger partial charge on any atom is -0.382 e. The second-order valence-electron chi connectivity index (χ2n) is 3.51. The molecule has 1 heterocycles. The van der Waals surface area contributed by atoms with Crippen molar-refractivity contribution >= 4 is 0 Å². The number of aromatic nitrogens is 1. The fourth-order valence-electron chi connectivity index (χ4n) is 1.39. The van der Waals surface area contributed by atoms with E-state index in [9.17, 15) is 0 Å². The highest BCUT2D eigenvalue weighted by Gasteiger charge is 2.02. The summed E-state index contributed by atoms with van der Waals surface area (Å²) < 4.78 is 5.27. The molecule has 1 aromatic rings. The van der Waals surface area contributed by atoms with E-state index >= 15 is 0 Å². The molecule has 1 N–H and O–H groups in total. The summed E-state index contributed by atoms with van der Waals surface area (Å²) >= 11 is 0. The van der Waals surface area contributed by atoms with Gasteiger partial charge in [0.2, 0.25) is 0 Å². The Morgan fingerprint density at radius 3 is 3.07 bits per heavy atom. The molecule has 0 unspecified atom stereocenters. The van der Waals surface area contributed by atoms with Crippen LogP contribution in [0.1, 0.15) is 31.9 Å². The molecule has 0 amide bonds. The maximum Gasteiger partial charge on any atom is 0.0477 e. The molecule has 0 saturated carbocycles. The van der Waals surface area contributed by atoms with Crippen LogP contribution in [0, 0.1) is 0 Å². The fourth-order valence-corrected chi connectivity index (χ4v) is 1.39. The Labute approximate surface area is 91.9 Å². The van der Waals surface area contributed by atoms with Crippen molar-refractivity contribution < 1.29 is 4.74 Å². The molecule has 0 aromatic carbocycles. The molecule has 0 radical (unpaired) electrons. The van der Waals surface area contributed by atoms with E-state index in [1.54, 1.807) is 6.20 Å². The Kier molecular flexibility index (Phi) is 5.97. The SMILES string of the molecule is CCOCCCN[C@H](C)c1cccnc1. The van der Waals surface area contributed by atoms with E-state index in [4.69, 9.17) is 4.74 Å². The van der Waals surface area contributed by atoms with E-state index in [0.717, 1.165) is 26.2 Å². The number of pyridine rings is 1. The van der Waals surface area contributed by atoms with Gasteiger partial charge in [-0.2, -0.15) is 0 Å². The van der Waals surface area contributed by atoms with Gasteiger partial charge >= 0.3 is 0 Å². The second kappa shape index (κ2) is 7.37. The van der Waals surface area contributed by atoms with Crippen molar-refractivity contribution in [2.45, 2.75) is 26.3 Å². The molecule has 3 nitrogen and oxygen atoms in total. The van der Waals surface area contributed by atoms with E-state index < -0.39 is 0 Å². The summed E-state index contributed by atoms with van der Waals surface area (Å²) in [6.45, 7) is 6.79. The molecular weight excluding hydrogens is 188 g/mol. The molecule has 0 spiro atoms. The number of rotatable bonds is 7. The average molecular weight is 208 g/mol. The average Bonchev–Trinajstić information content (AvgIpc) is 2.30. The third kappa shape index (κ3) is 4.91. The van der Waals surface area contributed by atoms with Gasteiger partial charge in [-0.1, -0.05) is 6.07 Å². The summed E-state index contributed by atoms with van der Waals surface area (Å²) in [5.74, 6) is 0. The third-order valence-electron chi connectivity index (χ3n) is 2.30. The predicted octanol–water partition coefficient (Wildman–Crippen LogP) is 2.16. The summed E-state index contributed by atoms with van der Waals surface area (Å²) in [6, 6.07) is 4.42. The minimum atomic E-state index is 0.361. The Morgan fingerprint density at radius 2 is 2.40 bits per heavy atom. The van der Waals surface area contributed by atoms with Gasteiger partial charge in [-0.05, 0) is 38.4 Å². The Balaban J connectivity index is 2.16. The zero-order chi connectivity index (χ0) is 10.9. The molecule has 15 heavy (non-hydrogen) atoms. The molecule has 0 aliphatic rings. The van der Waals surface area contributed by atoms with E-state index in [1.165, 1.54) is 5.56 Å². The van der Waals surface area contributed by atoms with Crippen LogP contribution in [0.4, 0.5) is 0 Å². The van der Waals surface area contributed by atoms with Crippen molar-refractivity contribution in [3.8, 4) is 0 Å². The summed E-state index contributed by atoms with van der Waals surface area (Å²) in [5, 5.41) is 3.44. The number of hydrogen-bond donors (Lipinski definition) is 1. The van der Waals surface area contributed by atoms with Crippen LogP contribution < -0.4 is 5.32 Å². The highest BCUT2D eigenvalue weighted by Crippen LogP contribution is 2.09. The lowest BCUT2D eigenvalue weighted by Gasteiger charge is -2.13. The van der Waals surface area contributed by atoms with Crippen LogP contribution in [0.3, 0.4) is 0 Å². The number of hydrogen-bond acceptors (Lipinski definition) is 3. The topological polar surface area (TPSA) is 34.1 Å². The standard InChI is InChI=1S/C12H20N2O/c1-3-15-9-5-8-14-11(2)12-6-4-7-13-10-12/h4,6-7,10-11,14H,3,5,8-9H2,1-2H3/t11-/m1/s1. The van der Waals surface area contributed by atoms with Gasteiger partial charge < -0.3 is 10.1 Å². The molecule has 0 fully saturated rings. The Morgan fingerprint density at radius 1 is 1.53 bits per heavy atom. The first kappa shape index (κ1) is 12.1. The lowest BCUT2D eigenvalue weighted by molar-refractivity contribution is 0.144. The largest absolute Gasteiger partial charge is 0.382 e. The van der Waals surface area contributed by atoms with Gasteiger partial charge in [0.15, 0.2) is 0 Å². The second-order valence-corrected chi connectivity index (χ2v) is 3.51. The van der Waals surface area contributed by atoms with Gasteiger partial charge in [0, 0.05) is 31.6 Å². The first-order chi connectivity index (χ1) is 7.34. The van der Waals surface area contributed by atoms with Crippen LogP contribution in [0.5, 0.6) is 0 Å². The van der Waals surface area contributed by atoms with Crippen molar-refractivity contribution in [3.63, 3.8) is 0 Å². The van der Waals surface area contributed by atoms with E-state index in [2.05, 4.69) is 23.3 Å². The first-order valence-electron chi connectivity index (χ1n) is 5.55. The van der Waals surface area contributed by atoms with Crippen molar-refractivity contribution in [1.82, 2.24) is 10.3 Å². The molecule has 0 aliphatic heterocycles. The monoisotopic (exact) mass is 208 g/mol. The van der Waals surface area contributed by atoms with Crippen molar-refractivity contribution in [2.75, 3.05) is 19.8 Å². The van der Waals surface area contributed by atoms with Crippen LogP contribution in [0.25, 0.3) is 0 Å². The maximum absolute atomic E-state index is 5.27. The van der Waals surface area contributed by atoms with Gasteiger partial charge in [-0.3, -0.25) is 4.98 Å². The molecule has 0 bridgehead atoms. The van der Waals surface area contributed by atoms with Crippen molar-refractivity contribution in [2.24, 2.45) is 0 Å². The minimum absolute atomic E-state index is 0.361. The number of ether oxygens (including phenoxy) is 1. The maximum atomic E-state index is 5.27. The molecular formula is C12H20N2O. The van der Waals surface area contributed by atoms with Gasteiger partial charge in [0.1, 0.15) is 0 Å². The Bertz CT molecular complexity index is 251. The lowest BCUT2D eigenvalue weighted by Crippen LogP contribution is -2.21. The smallest absolute Gasteiger partial charge is 0.0477 e. The lowest BCUT2D eigenvalue weighted by atomic mass is 10.1. The third-order valence-corrected chi connectivity index (χ3v) is 2.30. The Hall–Kier alpha value is -0.930. The zero-order valence-corrected chi connectivity index (χ0v) is 9.57.